The van der Waals surface area contributed by atoms with Crippen LogP contribution in [0.15, 0.2) is 93.0 Å². The predicted octanol–water partition coefficient (Wildman–Crippen LogP) is 6.36. The second-order valence-corrected chi connectivity index (χ2v) is 12.2. The Hall–Kier alpha value is -5.09. The van der Waals surface area contributed by atoms with E-state index in [4.69, 9.17) is 19.0 Å². The summed E-state index contributed by atoms with van der Waals surface area (Å²) < 4.78 is 58.7. The van der Waals surface area contributed by atoms with Gasteiger partial charge < -0.3 is 19.2 Å². The van der Waals surface area contributed by atoms with E-state index in [9.17, 15) is 22.8 Å². The predicted molar refractivity (Wildman–Crippen MR) is 172 cm³/mol. The first-order valence-corrected chi connectivity index (χ1v) is 16.2. The fourth-order valence-corrected chi connectivity index (χ4v) is 6.73. The largest absolute Gasteiger partial charge is 0.493 e. The van der Waals surface area contributed by atoms with Crippen LogP contribution in [-0.4, -0.2) is 57.3 Å². The normalized spacial score (nSPS) is 14.6. The van der Waals surface area contributed by atoms with Crippen LogP contribution >= 0.6 is 23.1 Å². The Morgan fingerprint density at radius 1 is 1.06 bits per heavy atom. The van der Waals surface area contributed by atoms with E-state index in [0.29, 0.717) is 23.5 Å². The molecule has 3 aromatic heterocycles. The van der Waals surface area contributed by atoms with E-state index in [1.807, 2.05) is 23.6 Å². The van der Waals surface area contributed by atoms with Crippen molar-refractivity contribution in [1.82, 2.24) is 25.1 Å². The molecule has 0 radical (unpaired) electrons. The molecule has 2 amide bonds. The number of nitrogens with one attached hydrogen (secondary N) is 1. The second kappa shape index (κ2) is 13.9. The third-order valence-corrected chi connectivity index (χ3v) is 9.21. The Morgan fingerprint density at radius 3 is 2.60 bits per heavy atom. The summed E-state index contributed by atoms with van der Waals surface area (Å²) in [7, 11) is 3.05. The van der Waals surface area contributed by atoms with Gasteiger partial charge in [-0.25, -0.2) is 5.01 Å². The summed E-state index contributed by atoms with van der Waals surface area (Å²) in [6.07, 6.45) is -2.85. The molecule has 0 aliphatic carbocycles. The van der Waals surface area contributed by atoms with E-state index in [-0.39, 0.29) is 40.6 Å². The molecule has 248 valence electrons. The summed E-state index contributed by atoms with van der Waals surface area (Å²) in [6, 6.07) is 16.4. The average molecular weight is 697 g/mol. The van der Waals surface area contributed by atoms with Crippen molar-refractivity contribution < 1.29 is 36.7 Å². The van der Waals surface area contributed by atoms with Gasteiger partial charge in [-0.15, -0.1) is 21.5 Å². The van der Waals surface area contributed by atoms with Gasteiger partial charge in [0.1, 0.15) is 0 Å². The molecule has 0 spiro atoms. The molecular weight excluding hydrogens is 670 g/mol. The third-order valence-electron chi connectivity index (χ3n) is 7.37. The van der Waals surface area contributed by atoms with Gasteiger partial charge in [-0.1, -0.05) is 36.0 Å². The lowest BCUT2D eigenvalue weighted by Gasteiger charge is -2.24. The number of thioether (sulfide) groups is 1. The van der Waals surface area contributed by atoms with Gasteiger partial charge in [-0.05, 0) is 47.8 Å². The molecule has 0 bridgehead atoms. The van der Waals surface area contributed by atoms with Gasteiger partial charge in [0.05, 0.1) is 60.7 Å². The zero-order chi connectivity index (χ0) is 33.8. The Bertz CT molecular complexity index is 1940. The van der Waals surface area contributed by atoms with E-state index < -0.39 is 23.7 Å². The highest BCUT2D eigenvalue weighted by atomic mass is 32.2. The van der Waals surface area contributed by atoms with E-state index in [0.717, 1.165) is 34.5 Å². The van der Waals surface area contributed by atoms with Crippen molar-refractivity contribution in [3.8, 4) is 17.2 Å². The van der Waals surface area contributed by atoms with Crippen LogP contribution in [0.3, 0.4) is 0 Å². The number of benzene rings is 2. The van der Waals surface area contributed by atoms with E-state index >= 15 is 0 Å². The monoisotopic (exact) mass is 696 g/mol. The molecule has 16 heteroatoms. The number of furan rings is 1. The summed E-state index contributed by atoms with van der Waals surface area (Å²) in [5.74, 6) is 0.0618. The molecule has 1 aliphatic rings. The van der Waals surface area contributed by atoms with Crippen molar-refractivity contribution >= 4 is 40.6 Å². The molecule has 11 nitrogen and oxygen atoms in total. The van der Waals surface area contributed by atoms with Crippen LogP contribution in [0.4, 0.5) is 13.2 Å². The number of amides is 2. The van der Waals surface area contributed by atoms with Crippen molar-refractivity contribution in [3.05, 3.63) is 106 Å². The number of hydrogen-bond donors (Lipinski definition) is 1. The number of hydrazone groups is 1. The summed E-state index contributed by atoms with van der Waals surface area (Å²) in [6.45, 7) is -0.185. The highest BCUT2D eigenvalue weighted by molar-refractivity contribution is 7.99. The van der Waals surface area contributed by atoms with Gasteiger partial charge in [0.15, 0.2) is 28.2 Å². The maximum Gasteiger partial charge on any atom is 0.416 e. The number of carbonyl (C=O) groups is 2. The maximum absolute atomic E-state index is 13.9. The number of ether oxygens (including phenoxy) is 2. The topological polar surface area (TPSA) is 124 Å². The molecular formula is C32H27F3N6O5S2. The Balaban J connectivity index is 1.30. The molecule has 1 aliphatic heterocycles. The lowest BCUT2D eigenvalue weighted by Crippen LogP contribution is -2.29. The molecule has 5 aromatic rings. The molecule has 0 saturated heterocycles. The standard InChI is InChI=1S/C32H27F3N6O5S2/c1-44-24-10-4-9-21(29(24)45-2)23-16-22(26-12-6-14-47-26)39-41(23)28(42)18-48-31-38-37-27(17-36-30(43)25-11-5-13-46-25)40(31)20-8-3-7-19(15-20)32(33,34)35/h3-15,23H,16-18H2,1-2H3,(H,36,43). The Morgan fingerprint density at radius 2 is 1.90 bits per heavy atom. The number of methoxy groups -OCH3 is 2. The van der Waals surface area contributed by atoms with Crippen LogP contribution < -0.4 is 14.8 Å². The van der Waals surface area contributed by atoms with Gasteiger partial charge in [0, 0.05) is 12.0 Å². The molecule has 1 unspecified atom stereocenters. The zero-order valence-electron chi connectivity index (χ0n) is 25.4. The second-order valence-electron chi connectivity index (χ2n) is 10.3. The number of alkyl halides is 3. The minimum atomic E-state index is -4.61. The number of para-hydroxylation sites is 1. The minimum Gasteiger partial charge on any atom is -0.493 e. The highest BCUT2D eigenvalue weighted by Crippen LogP contribution is 2.42. The fraction of sp³-hybridized carbons (Fsp3) is 0.219. The van der Waals surface area contributed by atoms with Gasteiger partial charge >= 0.3 is 6.18 Å². The number of rotatable bonds is 11. The van der Waals surface area contributed by atoms with Crippen molar-refractivity contribution in [1.29, 1.82) is 0 Å². The molecule has 6 rings (SSSR count). The number of hydrogen-bond acceptors (Lipinski definition) is 10. The fourth-order valence-electron chi connectivity index (χ4n) is 5.18. The van der Waals surface area contributed by atoms with Gasteiger partial charge in [-0.3, -0.25) is 14.2 Å². The lowest BCUT2D eigenvalue weighted by molar-refractivity contribution is -0.137. The van der Waals surface area contributed by atoms with Crippen LogP contribution in [0, 0.1) is 0 Å². The molecule has 1 N–H and O–H groups in total. The smallest absolute Gasteiger partial charge is 0.416 e. The lowest BCUT2D eigenvalue weighted by atomic mass is 9.99. The van der Waals surface area contributed by atoms with Gasteiger partial charge in [-0.2, -0.15) is 18.3 Å². The van der Waals surface area contributed by atoms with Crippen LogP contribution in [0.1, 0.15) is 44.8 Å². The van der Waals surface area contributed by atoms with E-state index in [2.05, 4.69) is 15.5 Å². The summed E-state index contributed by atoms with van der Waals surface area (Å²) in [5, 5.41) is 19.1. The van der Waals surface area contributed by atoms with Crippen molar-refractivity contribution in [2.45, 2.75) is 30.3 Å². The quantitative estimate of drug-likeness (QED) is 0.158. The number of aromatic nitrogens is 3. The molecule has 0 saturated carbocycles. The maximum atomic E-state index is 13.9. The Labute approximate surface area is 280 Å². The minimum absolute atomic E-state index is 0.0515. The first-order valence-electron chi connectivity index (χ1n) is 14.4. The summed E-state index contributed by atoms with van der Waals surface area (Å²) in [5.41, 5.74) is 0.645. The molecule has 0 fully saturated rings. The van der Waals surface area contributed by atoms with Crippen molar-refractivity contribution in [3.63, 3.8) is 0 Å². The van der Waals surface area contributed by atoms with Crippen LogP contribution in [0.5, 0.6) is 11.5 Å². The average Bonchev–Trinajstić information content (AvgIpc) is 3.92. The number of thiophene rings is 1. The summed E-state index contributed by atoms with van der Waals surface area (Å²) in [4.78, 5) is 27.4. The molecule has 4 heterocycles. The third kappa shape index (κ3) is 6.80. The van der Waals surface area contributed by atoms with Crippen LogP contribution in [0.25, 0.3) is 5.69 Å². The first kappa shape index (κ1) is 32.8. The number of nitrogens with zero attached hydrogens (tertiary/aromatic N) is 5. The molecule has 2 aromatic carbocycles. The van der Waals surface area contributed by atoms with Gasteiger partial charge in [0.2, 0.25) is 0 Å². The zero-order valence-corrected chi connectivity index (χ0v) is 27.1. The van der Waals surface area contributed by atoms with E-state index in [1.54, 1.807) is 18.2 Å². The van der Waals surface area contributed by atoms with Crippen LogP contribution in [0.2, 0.25) is 0 Å². The SMILES string of the molecule is COc1cccc(C2CC(c3cccs3)=NN2C(=O)CSc2nnc(CNC(=O)c3ccco3)n2-c2cccc(C(F)(F)F)c2)c1OC. The van der Waals surface area contributed by atoms with Crippen LogP contribution in [-0.2, 0) is 17.5 Å². The highest BCUT2D eigenvalue weighted by Gasteiger charge is 2.36. The van der Waals surface area contributed by atoms with Crippen molar-refractivity contribution in [2.75, 3.05) is 20.0 Å². The molecule has 1 atom stereocenters. The molecule has 48 heavy (non-hydrogen) atoms. The van der Waals surface area contributed by atoms with Crippen molar-refractivity contribution in [2.24, 2.45) is 5.10 Å². The summed E-state index contributed by atoms with van der Waals surface area (Å²) >= 11 is 2.48. The number of carbonyl (C=O) groups excluding carboxylic acids is 2. The first-order chi connectivity index (χ1) is 23.2. The van der Waals surface area contributed by atoms with Gasteiger partial charge in [0.25, 0.3) is 11.8 Å². The van der Waals surface area contributed by atoms with E-state index in [1.165, 1.54) is 59.6 Å². The number of halogens is 3. The Kier molecular flexibility index (Phi) is 9.54.